The van der Waals surface area contributed by atoms with Crippen molar-refractivity contribution < 1.29 is 73.8 Å². The molecule has 1 heterocycles. The van der Waals surface area contributed by atoms with Crippen molar-refractivity contribution in [2.24, 2.45) is 0 Å². The molecule has 1 aromatic heterocycles. The van der Waals surface area contributed by atoms with Crippen molar-refractivity contribution in [3.8, 4) is 11.6 Å². The van der Waals surface area contributed by atoms with E-state index in [1.807, 2.05) is 0 Å². The first kappa shape index (κ1) is 19.4. The van der Waals surface area contributed by atoms with E-state index in [2.05, 4.69) is 10.2 Å². The van der Waals surface area contributed by atoms with Gasteiger partial charge in [0.1, 0.15) is 18.1 Å². The molecule has 0 saturated carbocycles. The van der Waals surface area contributed by atoms with Crippen molar-refractivity contribution >= 4 is 12.4 Å². The van der Waals surface area contributed by atoms with E-state index >= 15 is 0 Å². The number of aryl methyl sites for hydroxylation is 1. The molecule has 0 amide bonds. The molecule has 0 atom stereocenters. The molecule has 9 heteroatoms. The van der Waals surface area contributed by atoms with Gasteiger partial charge >= 0.3 is 58.4 Å². The summed E-state index contributed by atoms with van der Waals surface area (Å²) in [7, 11) is 1.48. The van der Waals surface area contributed by atoms with E-state index in [0.29, 0.717) is 22.9 Å². The minimum absolute atomic E-state index is 0. The standard InChI is InChI=1S/C13H13BF3N2O2.K/c1-9-7-10(14(15,16)17)3-5-12(9)21-8-11-4-6-13(20-2)19-18-11;/h3-7H,8H2,1-2H3;/q-1;+1. The van der Waals surface area contributed by atoms with Gasteiger partial charge in [0.25, 0.3) is 0 Å². The van der Waals surface area contributed by atoms with Gasteiger partial charge in [0.05, 0.1) is 7.11 Å². The molecular formula is C13H13BF3KN2O2. The number of nitrogens with zero attached hydrogens (tertiary/aromatic N) is 2. The molecule has 2 aromatic rings. The van der Waals surface area contributed by atoms with Gasteiger partial charge in [-0.3, -0.25) is 0 Å². The quantitative estimate of drug-likeness (QED) is 0.686. The van der Waals surface area contributed by atoms with Crippen molar-refractivity contribution in [1.82, 2.24) is 10.2 Å². The molecule has 0 fully saturated rings. The topological polar surface area (TPSA) is 44.2 Å². The average molecular weight is 336 g/mol. The zero-order valence-electron chi connectivity index (χ0n) is 12.5. The van der Waals surface area contributed by atoms with Gasteiger partial charge in [-0.1, -0.05) is 12.1 Å². The van der Waals surface area contributed by atoms with Gasteiger partial charge in [0, 0.05) is 6.07 Å². The van der Waals surface area contributed by atoms with Crippen molar-refractivity contribution in [3.05, 3.63) is 41.6 Å². The summed E-state index contributed by atoms with van der Waals surface area (Å²) in [6.07, 6.45) is 0. The van der Waals surface area contributed by atoms with E-state index in [9.17, 15) is 12.9 Å². The Labute approximate surface area is 168 Å². The van der Waals surface area contributed by atoms with Crippen LogP contribution in [0.1, 0.15) is 11.3 Å². The maximum atomic E-state index is 12.6. The van der Waals surface area contributed by atoms with Crippen molar-refractivity contribution in [2.45, 2.75) is 13.5 Å². The molecule has 0 bridgehead atoms. The third-order valence-electron chi connectivity index (χ3n) is 2.86. The van der Waals surface area contributed by atoms with E-state index in [0.717, 1.165) is 12.1 Å². The number of halogens is 3. The number of hydrogen-bond donors (Lipinski definition) is 0. The Morgan fingerprint density at radius 1 is 1.09 bits per heavy atom. The SMILES string of the molecule is COc1ccc(COc2ccc([B-](F)(F)F)cc2C)nn1.[K+]. The summed E-state index contributed by atoms with van der Waals surface area (Å²) >= 11 is 0. The molecule has 4 nitrogen and oxygen atoms in total. The van der Waals surface area contributed by atoms with Crippen LogP contribution in [0, 0.1) is 6.92 Å². The van der Waals surface area contributed by atoms with Gasteiger partial charge in [0.15, 0.2) is 0 Å². The smallest absolute Gasteiger partial charge is 0.487 e. The van der Waals surface area contributed by atoms with Crippen molar-refractivity contribution in [1.29, 1.82) is 0 Å². The fourth-order valence-electron chi connectivity index (χ4n) is 1.72. The zero-order valence-corrected chi connectivity index (χ0v) is 15.6. The molecule has 2 rings (SSSR count). The minimum Gasteiger partial charge on any atom is -0.487 e. The maximum Gasteiger partial charge on any atom is 1.00 e. The van der Waals surface area contributed by atoms with Gasteiger partial charge in [-0.05, 0) is 24.6 Å². The predicted octanol–water partition coefficient (Wildman–Crippen LogP) is -0.569. The number of methoxy groups -OCH3 is 1. The van der Waals surface area contributed by atoms with Crippen LogP contribution in [0.4, 0.5) is 12.9 Å². The normalized spacial score (nSPS) is 10.8. The Balaban J connectivity index is 0.00000242. The Kier molecular flexibility index (Phi) is 7.33. The molecule has 0 aliphatic carbocycles. The molecule has 0 radical (unpaired) electrons. The molecule has 1 aromatic carbocycles. The molecule has 112 valence electrons. The number of hydrogen-bond acceptors (Lipinski definition) is 4. The second kappa shape index (κ2) is 8.30. The molecule has 0 N–H and O–H groups in total. The monoisotopic (exact) mass is 336 g/mol. The van der Waals surface area contributed by atoms with Crippen LogP contribution < -0.4 is 66.3 Å². The Bertz CT molecular complexity index is 624. The molecule has 0 spiro atoms. The zero-order chi connectivity index (χ0) is 15.5. The number of ether oxygens (including phenoxy) is 2. The van der Waals surface area contributed by atoms with Crippen LogP contribution in [-0.2, 0) is 6.61 Å². The fourth-order valence-corrected chi connectivity index (χ4v) is 1.72. The third kappa shape index (κ3) is 5.24. The molecular weight excluding hydrogens is 323 g/mol. The third-order valence-corrected chi connectivity index (χ3v) is 2.86. The first-order valence-electron chi connectivity index (χ1n) is 6.20. The Morgan fingerprint density at radius 3 is 2.32 bits per heavy atom. The van der Waals surface area contributed by atoms with Crippen LogP contribution in [-0.4, -0.2) is 24.3 Å². The summed E-state index contributed by atoms with van der Waals surface area (Å²) in [6, 6.07) is 6.72. The van der Waals surface area contributed by atoms with Gasteiger partial charge in [0.2, 0.25) is 5.88 Å². The van der Waals surface area contributed by atoms with Crippen molar-refractivity contribution in [2.75, 3.05) is 7.11 Å². The van der Waals surface area contributed by atoms with Gasteiger partial charge < -0.3 is 22.4 Å². The molecule has 0 saturated heterocycles. The number of aromatic nitrogens is 2. The molecule has 22 heavy (non-hydrogen) atoms. The minimum atomic E-state index is -5.00. The van der Waals surface area contributed by atoms with Crippen LogP contribution in [0.3, 0.4) is 0 Å². The van der Waals surface area contributed by atoms with E-state index in [1.54, 1.807) is 19.1 Å². The molecule has 0 unspecified atom stereocenters. The van der Waals surface area contributed by atoms with Crippen LogP contribution in [0.15, 0.2) is 30.3 Å². The van der Waals surface area contributed by atoms with E-state index in [1.165, 1.54) is 13.2 Å². The van der Waals surface area contributed by atoms with Crippen LogP contribution >= 0.6 is 0 Å². The largest absolute Gasteiger partial charge is 1.00 e. The van der Waals surface area contributed by atoms with Gasteiger partial charge in [-0.15, -0.1) is 15.7 Å². The summed E-state index contributed by atoms with van der Waals surface area (Å²) in [5.74, 6) is 0.767. The first-order chi connectivity index (χ1) is 9.90. The van der Waals surface area contributed by atoms with Crippen molar-refractivity contribution in [3.63, 3.8) is 0 Å². The van der Waals surface area contributed by atoms with Crippen LogP contribution in [0.2, 0.25) is 0 Å². The van der Waals surface area contributed by atoms with Gasteiger partial charge in [-0.2, -0.15) is 0 Å². The summed E-state index contributed by atoms with van der Waals surface area (Å²) in [6.45, 7) is -3.31. The van der Waals surface area contributed by atoms with Crippen LogP contribution in [0.5, 0.6) is 11.6 Å². The second-order valence-electron chi connectivity index (χ2n) is 4.46. The predicted molar refractivity (Wildman–Crippen MR) is 72.8 cm³/mol. The maximum absolute atomic E-state index is 12.6. The van der Waals surface area contributed by atoms with Crippen LogP contribution in [0.25, 0.3) is 0 Å². The summed E-state index contributed by atoms with van der Waals surface area (Å²) in [5, 5.41) is 7.65. The van der Waals surface area contributed by atoms with E-state index < -0.39 is 12.4 Å². The Morgan fingerprint density at radius 2 is 1.82 bits per heavy atom. The summed E-state index contributed by atoms with van der Waals surface area (Å²) in [4.78, 5) is 0. The molecule has 0 aliphatic rings. The number of benzene rings is 1. The fraction of sp³-hybridized carbons (Fsp3) is 0.231. The summed E-state index contributed by atoms with van der Waals surface area (Å²) in [5.41, 5.74) is 0.344. The van der Waals surface area contributed by atoms with Gasteiger partial charge in [-0.25, -0.2) is 0 Å². The second-order valence-corrected chi connectivity index (χ2v) is 4.46. The van der Waals surface area contributed by atoms with E-state index in [-0.39, 0.29) is 58.0 Å². The average Bonchev–Trinajstić information content (AvgIpc) is 2.45. The van der Waals surface area contributed by atoms with E-state index in [4.69, 9.17) is 9.47 Å². The molecule has 0 aliphatic heterocycles. The first-order valence-corrected chi connectivity index (χ1v) is 6.20. The Hall–Kier alpha value is -0.609. The summed E-state index contributed by atoms with van der Waals surface area (Å²) < 4.78 is 48.2. The number of rotatable bonds is 5.